The first-order valence-corrected chi connectivity index (χ1v) is 6.60. The van der Waals surface area contributed by atoms with Gasteiger partial charge < -0.3 is 20.7 Å². The number of carbonyl (C=O) groups excluding carboxylic acids is 2. The molecule has 1 aliphatic rings. The zero-order chi connectivity index (χ0) is 14.5. The van der Waals surface area contributed by atoms with Gasteiger partial charge in [-0.1, -0.05) is 12.1 Å². The Labute approximate surface area is 117 Å². The van der Waals surface area contributed by atoms with E-state index in [1.807, 2.05) is 0 Å². The quantitative estimate of drug-likeness (QED) is 0.815. The molecule has 0 spiro atoms. The maximum absolute atomic E-state index is 12.5. The lowest BCUT2D eigenvalue weighted by atomic mass is 10.1. The van der Waals surface area contributed by atoms with Crippen molar-refractivity contribution < 1.29 is 14.3 Å². The van der Waals surface area contributed by atoms with E-state index in [0.717, 1.165) is 25.9 Å². The topological polar surface area (TPSA) is 84.7 Å². The summed E-state index contributed by atoms with van der Waals surface area (Å²) in [5.41, 5.74) is 6.95. The van der Waals surface area contributed by atoms with E-state index < -0.39 is 12.1 Å². The summed E-state index contributed by atoms with van der Waals surface area (Å²) in [4.78, 5) is 25.7. The number of nitrogens with zero attached hydrogens (tertiary/aromatic N) is 1. The minimum absolute atomic E-state index is 0.126. The van der Waals surface area contributed by atoms with Gasteiger partial charge in [-0.25, -0.2) is 4.79 Å². The molecule has 0 bridgehead atoms. The molecule has 2 amide bonds. The predicted octanol–water partition coefficient (Wildman–Crippen LogP) is 1.29. The lowest BCUT2D eigenvalue weighted by Crippen LogP contribution is -2.41. The first kappa shape index (κ1) is 14.2. The van der Waals surface area contributed by atoms with E-state index in [9.17, 15) is 9.59 Å². The number of carbonyl (C=O) groups is 2. The highest BCUT2D eigenvalue weighted by molar-refractivity contribution is 5.87. The fraction of sp³-hybridized carbons (Fsp3) is 0.429. The summed E-state index contributed by atoms with van der Waals surface area (Å²) in [7, 11) is 1.27. The van der Waals surface area contributed by atoms with Gasteiger partial charge in [0.2, 0.25) is 5.91 Å². The van der Waals surface area contributed by atoms with Crippen molar-refractivity contribution in [2.75, 3.05) is 25.9 Å². The van der Waals surface area contributed by atoms with Crippen molar-refractivity contribution in [1.82, 2.24) is 10.2 Å². The van der Waals surface area contributed by atoms with Gasteiger partial charge in [-0.3, -0.25) is 4.79 Å². The molecule has 1 aliphatic heterocycles. The number of rotatable bonds is 3. The first-order chi connectivity index (χ1) is 9.61. The van der Waals surface area contributed by atoms with E-state index in [-0.39, 0.29) is 5.91 Å². The number of nitrogens with two attached hydrogens (primary N) is 1. The van der Waals surface area contributed by atoms with Crippen molar-refractivity contribution >= 4 is 17.7 Å². The van der Waals surface area contributed by atoms with Crippen LogP contribution in [0.3, 0.4) is 0 Å². The summed E-state index contributed by atoms with van der Waals surface area (Å²) < 4.78 is 4.59. The summed E-state index contributed by atoms with van der Waals surface area (Å²) in [6, 6.07) is 6.19. The second-order valence-electron chi connectivity index (χ2n) is 4.77. The molecule has 0 aliphatic carbocycles. The fourth-order valence-electron chi connectivity index (χ4n) is 2.32. The molecule has 0 saturated carbocycles. The number of benzene rings is 1. The van der Waals surface area contributed by atoms with Crippen molar-refractivity contribution in [1.29, 1.82) is 0 Å². The SMILES string of the molecule is COC(=O)N[C@@H](C(=O)N1CCCC1)c1cccc(N)c1. The summed E-state index contributed by atoms with van der Waals surface area (Å²) >= 11 is 0. The highest BCUT2D eigenvalue weighted by Crippen LogP contribution is 2.21. The Morgan fingerprint density at radius 1 is 1.35 bits per heavy atom. The molecule has 2 rings (SSSR count). The molecule has 6 nitrogen and oxygen atoms in total. The molecule has 0 aromatic heterocycles. The van der Waals surface area contributed by atoms with Crippen LogP contribution >= 0.6 is 0 Å². The maximum atomic E-state index is 12.5. The van der Waals surface area contributed by atoms with Crippen LogP contribution in [0.25, 0.3) is 0 Å². The summed E-state index contributed by atoms with van der Waals surface area (Å²) in [5.74, 6) is -0.126. The van der Waals surface area contributed by atoms with Crippen LogP contribution in [-0.2, 0) is 9.53 Å². The normalized spacial score (nSPS) is 15.8. The zero-order valence-electron chi connectivity index (χ0n) is 11.5. The molecule has 108 valence electrons. The molecule has 1 aromatic carbocycles. The van der Waals surface area contributed by atoms with E-state index in [0.29, 0.717) is 11.3 Å². The van der Waals surface area contributed by atoms with Gasteiger partial charge in [-0.2, -0.15) is 0 Å². The Bertz CT molecular complexity index is 498. The molecular weight excluding hydrogens is 258 g/mol. The predicted molar refractivity (Wildman–Crippen MR) is 75.0 cm³/mol. The van der Waals surface area contributed by atoms with Crippen LogP contribution in [0.4, 0.5) is 10.5 Å². The lowest BCUT2D eigenvalue weighted by Gasteiger charge is -2.24. The van der Waals surface area contributed by atoms with Crippen molar-refractivity contribution in [3.05, 3.63) is 29.8 Å². The number of methoxy groups -OCH3 is 1. The van der Waals surface area contributed by atoms with Crippen LogP contribution in [0.2, 0.25) is 0 Å². The molecule has 6 heteroatoms. The highest BCUT2D eigenvalue weighted by Gasteiger charge is 2.29. The Morgan fingerprint density at radius 2 is 2.05 bits per heavy atom. The first-order valence-electron chi connectivity index (χ1n) is 6.60. The number of nitrogen functional groups attached to an aromatic ring is 1. The second kappa shape index (κ2) is 6.27. The third kappa shape index (κ3) is 3.20. The molecule has 1 aromatic rings. The number of ether oxygens (including phenoxy) is 1. The molecule has 20 heavy (non-hydrogen) atoms. The number of likely N-dealkylation sites (tertiary alicyclic amines) is 1. The minimum atomic E-state index is -0.760. The van der Waals surface area contributed by atoms with Crippen LogP contribution in [0.1, 0.15) is 24.4 Å². The van der Waals surface area contributed by atoms with Crippen LogP contribution in [0, 0.1) is 0 Å². The van der Waals surface area contributed by atoms with E-state index >= 15 is 0 Å². The third-order valence-corrected chi connectivity index (χ3v) is 3.36. The van der Waals surface area contributed by atoms with E-state index in [4.69, 9.17) is 5.73 Å². The average Bonchev–Trinajstić information content (AvgIpc) is 2.97. The Hall–Kier alpha value is -2.24. The number of nitrogens with one attached hydrogen (secondary N) is 1. The van der Waals surface area contributed by atoms with Gasteiger partial charge in [0, 0.05) is 18.8 Å². The Balaban J connectivity index is 2.23. The van der Waals surface area contributed by atoms with E-state index in [1.54, 1.807) is 29.2 Å². The van der Waals surface area contributed by atoms with Crippen LogP contribution in [-0.4, -0.2) is 37.1 Å². The zero-order valence-corrected chi connectivity index (χ0v) is 11.5. The number of amides is 2. The molecular formula is C14H19N3O3. The number of hydrogen-bond acceptors (Lipinski definition) is 4. The highest BCUT2D eigenvalue weighted by atomic mass is 16.5. The van der Waals surface area contributed by atoms with Gasteiger partial charge in [0.1, 0.15) is 6.04 Å². The molecule has 0 unspecified atom stereocenters. The van der Waals surface area contributed by atoms with Gasteiger partial charge in [-0.05, 0) is 30.5 Å². The van der Waals surface area contributed by atoms with Gasteiger partial charge in [0.25, 0.3) is 0 Å². The summed E-state index contributed by atoms with van der Waals surface area (Å²) in [6.07, 6.45) is 1.35. The second-order valence-corrected chi connectivity index (χ2v) is 4.77. The van der Waals surface area contributed by atoms with Gasteiger partial charge in [0.05, 0.1) is 7.11 Å². The van der Waals surface area contributed by atoms with Crippen LogP contribution in [0.15, 0.2) is 24.3 Å². The monoisotopic (exact) mass is 277 g/mol. The van der Waals surface area contributed by atoms with Gasteiger partial charge in [0.15, 0.2) is 0 Å². The Kier molecular flexibility index (Phi) is 4.45. The molecule has 1 saturated heterocycles. The molecule has 3 N–H and O–H groups in total. The molecule has 1 heterocycles. The van der Waals surface area contributed by atoms with Gasteiger partial charge in [-0.15, -0.1) is 0 Å². The number of hydrogen-bond donors (Lipinski definition) is 2. The van der Waals surface area contributed by atoms with E-state index in [1.165, 1.54) is 7.11 Å². The van der Waals surface area contributed by atoms with Gasteiger partial charge >= 0.3 is 6.09 Å². The smallest absolute Gasteiger partial charge is 0.407 e. The summed E-state index contributed by atoms with van der Waals surface area (Å²) in [6.45, 7) is 1.45. The van der Waals surface area contributed by atoms with Crippen LogP contribution in [0.5, 0.6) is 0 Å². The summed E-state index contributed by atoms with van der Waals surface area (Å²) in [5, 5.41) is 2.58. The van der Waals surface area contributed by atoms with Crippen molar-refractivity contribution in [3.63, 3.8) is 0 Å². The minimum Gasteiger partial charge on any atom is -0.453 e. The van der Waals surface area contributed by atoms with Crippen molar-refractivity contribution in [2.45, 2.75) is 18.9 Å². The van der Waals surface area contributed by atoms with Crippen molar-refractivity contribution in [3.8, 4) is 0 Å². The van der Waals surface area contributed by atoms with Crippen LogP contribution < -0.4 is 11.1 Å². The number of anilines is 1. The fourth-order valence-corrected chi connectivity index (χ4v) is 2.32. The molecule has 1 atom stereocenters. The van der Waals surface area contributed by atoms with Crippen molar-refractivity contribution in [2.24, 2.45) is 0 Å². The number of alkyl carbamates (subject to hydrolysis) is 1. The Morgan fingerprint density at radius 3 is 2.65 bits per heavy atom. The molecule has 1 fully saturated rings. The molecule has 0 radical (unpaired) electrons. The van der Waals surface area contributed by atoms with E-state index in [2.05, 4.69) is 10.1 Å². The maximum Gasteiger partial charge on any atom is 0.407 e. The third-order valence-electron chi connectivity index (χ3n) is 3.36. The lowest BCUT2D eigenvalue weighted by molar-refractivity contribution is -0.132. The average molecular weight is 277 g/mol. The standard InChI is InChI=1S/C14H19N3O3/c1-20-14(19)16-12(10-5-4-6-11(15)9-10)13(18)17-7-2-3-8-17/h4-6,9,12H,2-3,7-8,15H2,1H3,(H,16,19)/t12-/m1/s1. The largest absolute Gasteiger partial charge is 0.453 e.